The lowest BCUT2D eigenvalue weighted by Gasteiger charge is -2.12. The third-order valence-corrected chi connectivity index (χ3v) is 1.99. The van der Waals surface area contributed by atoms with Crippen molar-refractivity contribution in [2.75, 3.05) is 5.32 Å². The van der Waals surface area contributed by atoms with Gasteiger partial charge in [-0.3, -0.25) is 10.1 Å². The third-order valence-electron chi connectivity index (χ3n) is 1.99. The van der Waals surface area contributed by atoms with Crippen molar-refractivity contribution in [1.82, 2.24) is 4.98 Å². The molecule has 0 aliphatic carbocycles. The van der Waals surface area contributed by atoms with Crippen molar-refractivity contribution in [2.24, 2.45) is 0 Å². The Morgan fingerprint density at radius 2 is 2.47 bits per heavy atom. The maximum atomic E-state index is 10.9. The molecular formula is C10H11N3O4. The van der Waals surface area contributed by atoms with Gasteiger partial charge in [0.05, 0.1) is 4.92 Å². The van der Waals surface area contributed by atoms with Gasteiger partial charge in [0.2, 0.25) is 5.82 Å². The van der Waals surface area contributed by atoms with Crippen LogP contribution in [-0.2, 0) is 4.79 Å². The average Bonchev–Trinajstić information content (AvgIpc) is 2.28. The number of hydrogen-bond donors (Lipinski definition) is 2. The summed E-state index contributed by atoms with van der Waals surface area (Å²) in [5.74, 6) is -1.18. The summed E-state index contributed by atoms with van der Waals surface area (Å²) in [6, 6.07) is 1.68. The Labute approximate surface area is 96.9 Å². The van der Waals surface area contributed by atoms with Crippen LogP contribution in [0.2, 0.25) is 0 Å². The molecule has 0 spiro atoms. The summed E-state index contributed by atoms with van der Waals surface area (Å²) in [5, 5.41) is 22.1. The fraction of sp³-hybridized carbons (Fsp3) is 0.200. The van der Waals surface area contributed by atoms with Crippen LogP contribution in [0.15, 0.2) is 31.0 Å². The normalized spacial score (nSPS) is 11.5. The van der Waals surface area contributed by atoms with Gasteiger partial charge in [-0.1, -0.05) is 6.08 Å². The first-order valence-corrected chi connectivity index (χ1v) is 4.76. The average molecular weight is 237 g/mol. The van der Waals surface area contributed by atoms with Gasteiger partial charge < -0.3 is 10.4 Å². The number of rotatable bonds is 6. The highest BCUT2D eigenvalue weighted by molar-refractivity contribution is 5.78. The van der Waals surface area contributed by atoms with Gasteiger partial charge in [-0.15, -0.1) is 6.58 Å². The Hall–Kier alpha value is -2.44. The van der Waals surface area contributed by atoms with E-state index in [1.807, 2.05) is 0 Å². The van der Waals surface area contributed by atoms with E-state index >= 15 is 0 Å². The van der Waals surface area contributed by atoms with Crippen LogP contribution in [0, 0.1) is 10.1 Å². The van der Waals surface area contributed by atoms with Gasteiger partial charge in [0.25, 0.3) is 0 Å². The van der Waals surface area contributed by atoms with Crippen molar-refractivity contribution in [2.45, 2.75) is 12.5 Å². The molecule has 0 aromatic carbocycles. The zero-order valence-electron chi connectivity index (χ0n) is 8.87. The molecule has 0 bridgehead atoms. The maximum Gasteiger partial charge on any atom is 0.326 e. The molecule has 2 N–H and O–H groups in total. The molecule has 1 heterocycles. The fourth-order valence-electron chi connectivity index (χ4n) is 1.21. The minimum atomic E-state index is -1.12. The number of nitro groups is 1. The molecule has 1 unspecified atom stereocenters. The second-order valence-electron chi connectivity index (χ2n) is 3.19. The Morgan fingerprint density at radius 3 is 3.00 bits per heavy atom. The molecule has 0 aliphatic heterocycles. The predicted octanol–water partition coefficient (Wildman–Crippen LogP) is 1.43. The van der Waals surface area contributed by atoms with Crippen molar-refractivity contribution < 1.29 is 14.8 Å². The van der Waals surface area contributed by atoms with Crippen molar-refractivity contribution >= 4 is 17.5 Å². The standard InChI is InChI=1S/C10H11N3O4/c1-2-4-7(10(14)15)12-9-8(13(16)17)5-3-6-11-9/h2-3,5-7H,1,4H2,(H,11,12)(H,14,15). The highest BCUT2D eigenvalue weighted by Gasteiger charge is 2.21. The zero-order valence-corrected chi connectivity index (χ0v) is 8.87. The molecule has 1 rings (SSSR count). The maximum absolute atomic E-state index is 10.9. The van der Waals surface area contributed by atoms with Crippen LogP contribution in [0.4, 0.5) is 11.5 Å². The first-order chi connectivity index (χ1) is 8.06. The Bertz CT molecular complexity index is 447. The first kappa shape index (κ1) is 12.6. The molecule has 17 heavy (non-hydrogen) atoms. The molecule has 0 aliphatic rings. The smallest absolute Gasteiger partial charge is 0.326 e. The van der Waals surface area contributed by atoms with Gasteiger partial charge in [-0.05, 0) is 12.5 Å². The summed E-state index contributed by atoms with van der Waals surface area (Å²) in [6.07, 6.45) is 2.91. The summed E-state index contributed by atoms with van der Waals surface area (Å²) in [5.41, 5.74) is -0.261. The summed E-state index contributed by atoms with van der Waals surface area (Å²) < 4.78 is 0. The summed E-state index contributed by atoms with van der Waals surface area (Å²) in [6.45, 7) is 3.42. The molecule has 90 valence electrons. The Morgan fingerprint density at radius 1 is 1.76 bits per heavy atom. The molecule has 0 saturated heterocycles. The number of nitrogens with one attached hydrogen (secondary N) is 1. The Balaban J connectivity index is 2.96. The van der Waals surface area contributed by atoms with E-state index in [1.54, 1.807) is 0 Å². The van der Waals surface area contributed by atoms with E-state index in [0.717, 1.165) is 0 Å². The van der Waals surface area contributed by atoms with Crippen molar-refractivity contribution in [3.63, 3.8) is 0 Å². The minimum absolute atomic E-state index is 0.0632. The molecule has 7 heteroatoms. The molecule has 0 fully saturated rings. The number of anilines is 1. The number of carboxylic acids is 1. The highest BCUT2D eigenvalue weighted by atomic mass is 16.6. The van der Waals surface area contributed by atoms with Crippen LogP contribution in [0.5, 0.6) is 0 Å². The number of carboxylic acid groups (broad SMARTS) is 1. The van der Waals surface area contributed by atoms with E-state index in [4.69, 9.17) is 5.11 Å². The molecule has 1 aromatic heterocycles. The predicted molar refractivity (Wildman–Crippen MR) is 60.8 cm³/mol. The highest BCUT2D eigenvalue weighted by Crippen LogP contribution is 2.21. The van der Waals surface area contributed by atoms with E-state index in [9.17, 15) is 14.9 Å². The fourth-order valence-corrected chi connectivity index (χ4v) is 1.21. The van der Waals surface area contributed by atoms with Gasteiger partial charge >= 0.3 is 11.7 Å². The van der Waals surface area contributed by atoms with Gasteiger partial charge in [0, 0.05) is 12.3 Å². The number of nitrogens with zero attached hydrogens (tertiary/aromatic N) is 2. The number of pyridine rings is 1. The monoisotopic (exact) mass is 237 g/mol. The number of aromatic nitrogens is 1. The lowest BCUT2D eigenvalue weighted by Crippen LogP contribution is -2.29. The molecule has 7 nitrogen and oxygen atoms in total. The van der Waals surface area contributed by atoms with Crippen LogP contribution in [0.1, 0.15) is 6.42 Å². The topological polar surface area (TPSA) is 105 Å². The third kappa shape index (κ3) is 3.26. The molecule has 0 radical (unpaired) electrons. The Kier molecular flexibility index (Phi) is 4.15. The van der Waals surface area contributed by atoms with Gasteiger partial charge in [0.1, 0.15) is 6.04 Å². The molecule has 0 saturated carbocycles. The van der Waals surface area contributed by atoms with Crippen molar-refractivity contribution in [1.29, 1.82) is 0 Å². The quantitative estimate of drug-likeness (QED) is 0.440. The van der Waals surface area contributed by atoms with E-state index in [1.165, 1.54) is 24.4 Å². The summed E-state index contributed by atoms with van der Waals surface area (Å²) in [7, 11) is 0. The van der Waals surface area contributed by atoms with Crippen LogP contribution >= 0.6 is 0 Å². The molecule has 1 atom stereocenters. The van der Waals surface area contributed by atoms with Crippen LogP contribution < -0.4 is 5.32 Å². The lowest BCUT2D eigenvalue weighted by molar-refractivity contribution is -0.384. The van der Waals surface area contributed by atoms with Gasteiger partial charge in [-0.2, -0.15) is 0 Å². The lowest BCUT2D eigenvalue weighted by atomic mass is 10.2. The largest absolute Gasteiger partial charge is 0.480 e. The van der Waals surface area contributed by atoms with E-state index in [2.05, 4.69) is 16.9 Å². The van der Waals surface area contributed by atoms with Crippen molar-refractivity contribution in [3.05, 3.63) is 41.1 Å². The van der Waals surface area contributed by atoms with E-state index in [-0.39, 0.29) is 17.9 Å². The van der Waals surface area contributed by atoms with E-state index in [0.29, 0.717) is 0 Å². The molecule has 1 aromatic rings. The second kappa shape index (κ2) is 5.59. The number of aliphatic carboxylic acids is 1. The van der Waals surface area contributed by atoms with Crippen LogP contribution in [-0.4, -0.2) is 27.0 Å². The number of carbonyl (C=O) groups is 1. The van der Waals surface area contributed by atoms with Crippen LogP contribution in [0.25, 0.3) is 0 Å². The first-order valence-electron chi connectivity index (χ1n) is 4.76. The summed E-state index contributed by atoms with van der Waals surface area (Å²) in [4.78, 5) is 24.7. The van der Waals surface area contributed by atoms with Gasteiger partial charge in [0.15, 0.2) is 0 Å². The minimum Gasteiger partial charge on any atom is -0.480 e. The molecular weight excluding hydrogens is 226 g/mol. The van der Waals surface area contributed by atoms with Crippen molar-refractivity contribution in [3.8, 4) is 0 Å². The van der Waals surface area contributed by atoms with Crippen LogP contribution in [0.3, 0.4) is 0 Å². The summed E-state index contributed by atoms with van der Waals surface area (Å²) >= 11 is 0. The van der Waals surface area contributed by atoms with E-state index < -0.39 is 16.9 Å². The van der Waals surface area contributed by atoms with Gasteiger partial charge in [-0.25, -0.2) is 9.78 Å². The SMILES string of the molecule is C=CCC(Nc1ncccc1[N+](=O)[O-])C(=O)O. The zero-order chi connectivity index (χ0) is 12.8. The molecule has 0 amide bonds. The number of hydrogen-bond acceptors (Lipinski definition) is 5. The second-order valence-corrected chi connectivity index (χ2v) is 3.19.